The summed E-state index contributed by atoms with van der Waals surface area (Å²) in [5.41, 5.74) is 4.97. The first-order chi connectivity index (χ1) is 13.9. The molecule has 1 unspecified atom stereocenters. The summed E-state index contributed by atoms with van der Waals surface area (Å²) in [5, 5.41) is 11.2. The fourth-order valence-corrected chi connectivity index (χ4v) is 5.18. The predicted molar refractivity (Wildman–Crippen MR) is 106 cm³/mol. The molecule has 0 fully saturated rings. The number of fused-ring (bicyclic) bond motifs is 4. The lowest BCUT2D eigenvalue weighted by molar-refractivity contribution is -0.923. The molecule has 0 amide bonds. The van der Waals surface area contributed by atoms with E-state index in [4.69, 9.17) is 23.7 Å². The Kier molecular flexibility index (Phi) is 3.84. The lowest BCUT2D eigenvalue weighted by atomic mass is 9.74. The van der Waals surface area contributed by atoms with E-state index in [1.165, 1.54) is 12.7 Å². The molecule has 0 radical (unpaired) electrons. The molecule has 0 bridgehead atoms. The number of rotatable bonds is 3. The van der Waals surface area contributed by atoms with E-state index in [1.807, 2.05) is 6.07 Å². The fraction of sp³-hybridized carbons (Fsp3) is 0.455. The van der Waals surface area contributed by atoms with Crippen molar-refractivity contribution in [2.75, 3.05) is 48.8 Å². The van der Waals surface area contributed by atoms with Crippen LogP contribution in [0, 0.1) is 0 Å². The summed E-state index contributed by atoms with van der Waals surface area (Å²) in [6.07, 6.45) is 1.65. The second kappa shape index (κ2) is 6.10. The zero-order valence-electron chi connectivity index (χ0n) is 17.4. The molecule has 2 aliphatic heterocycles. The van der Waals surface area contributed by atoms with Crippen molar-refractivity contribution >= 4 is 0 Å². The lowest BCUT2D eigenvalue weighted by Crippen LogP contribution is -2.49. The third-order valence-corrected chi connectivity index (χ3v) is 6.62. The number of nitrogens with zero attached hydrogens (tertiary/aromatic N) is 1. The van der Waals surface area contributed by atoms with E-state index >= 15 is 0 Å². The summed E-state index contributed by atoms with van der Waals surface area (Å²) in [5.74, 6) is 2.93. The number of phenolic OH excluding ortho intramolecular Hbond substituents is 1. The summed E-state index contributed by atoms with van der Waals surface area (Å²) in [7, 11) is 9.29. The van der Waals surface area contributed by atoms with Gasteiger partial charge in [-0.3, -0.25) is 0 Å². The number of hydrogen-bond donors (Lipinski definition) is 1. The quantitative estimate of drug-likeness (QED) is 0.799. The van der Waals surface area contributed by atoms with Gasteiger partial charge in [0.1, 0.15) is 6.04 Å². The summed E-state index contributed by atoms with van der Waals surface area (Å²) >= 11 is 0. The second-order valence-electron chi connectivity index (χ2n) is 8.33. The van der Waals surface area contributed by atoms with Crippen molar-refractivity contribution in [1.29, 1.82) is 0 Å². The summed E-state index contributed by atoms with van der Waals surface area (Å²) in [4.78, 5) is 0. The van der Waals surface area contributed by atoms with Gasteiger partial charge in [0.25, 0.3) is 0 Å². The van der Waals surface area contributed by atoms with Gasteiger partial charge in [-0.15, -0.1) is 0 Å². The van der Waals surface area contributed by atoms with Crippen LogP contribution in [0.15, 0.2) is 6.07 Å². The summed E-state index contributed by atoms with van der Waals surface area (Å²) < 4.78 is 29.3. The van der Waals surface area contributed by atoms with E-state index in [9.17, 15) is 5.11 Å². The first-order valence-electron chi connectivity index (χ1n) is 9.75. The van der Waals surface area contributed by atoms with E-state index in [0.717, 1.165) is 51.9 Å². The van der Waals surface area contributed by atoms with E-state index in [2.05, 4.69) is 14.1 Å². The Hall–Kier alpha value is -2.80. The molecule has 1 atom stereocenters. The van der Waals surface area contributed by atoms with Crippen LogP contribution in [-0.2, 0) is 12.8 Å². The number of likely N-dealkylation sites (N-methyl/N-ethyl adjacent to an activating group) is 1. The van der Waals surface area contributed by atoms with Gasteiger partial charge in [-0.25, -0.2) is 0 Å². The number of ether oxygens (including phenoxy) is 5. The summed E-state index contributed by atoms with van der Waals surface area (Å²) in [6.45, 7) is 1.12. The zero-order valence-corrected chi connectivity index (χ0v) is 17.4. The molecule has 1 N–H and O–H groups in total. The first kappa shape index (κ1) is 18.2. The smallest absolute Gasteiger partial charge is 0.231 e. The maximum atomic E-state index is 11.2. The van der Waals surface area contributed by atoms with Crippen molar-refractivity contribution < 1.29 is 33.3 Å². The number of aromatic hydroxyl groups is 1. The molecule has 154 valence electrons. The van der Waals surface area contributed by atoms with Crippen molar-refractivity contribution in [2.24, 2.45) is 0 Å². The molecular weight excluding hydrogens is 374 g/mol. The van der Waals surface area contributed by atoms with Gasteiger partial charge in [0, 0.05) is 35.1 Å². The van der Waals surface area contributed by atoms with Crippen LogP contribution in [0.2, 0.25) is 0 Å². The van der Waals surface area contributed by atoms with E-state index < -0.39 is 0 Å². The van der Waals surface area contributed by atoms with Crippen molar-refractivity contribution in [2.45, 2.75) is 18.9 Å². The molecule has 1 aliphatic carbocycles. The fourth-order valence-electron chi connectivity index (χ4n) is 5.18. The van der Waals surface area contributed by atoms with Crippen LogP contribution in [0.4, 0.5) is 0 Å². The van der Waals surface area contributed by atoms with Gasteiger partial charge in [0.05, 0.1) is 42.0 Å². The normalized spacial score (nSPS) is 20.0. The predicted octanol–water partition coefficient (Wildman–Crippen LogP) is 3.04. The molecule has 2 heterocycles. The van der Waals surface area contributed by atoms with Crippen LogP contribution in [0.25, 0.3) is 11.1 Å². The average molecular weight is 400 g/mol. The van der Waals surface area contributed by atoms with Crippen LogP contribution in [0.5, 0.6) is 34.5 Å². The Morgan fingerprint density at radius 2 is 1.72 bits per heavy atom. The molecule has 7 heteroatoms. The number of quaternary nitrogens is 1. The standard InChI is InChI=1S/C22H25NO6/c1-23(2)7-6-12-16-13(23)8-11-9-14(25-3)20(27-5)18(24)15(11)17(16)21-22(19(12)26-4)29-10-28-21/h9,13H,6-8,10H2,1-5H3/p+1. The van der Waals surface area contributed by atoms with Gasteiger partial charge in [-0.1, -0.05) is 0 Å². The van der Waals surface area contributed by atoms with Gasteiger partial charge in [0.2, 0.25) is 18.3 Å². The minimum absolute atomic E-state index is 0.0706. The zero-order chi connectivity index (χ0) is 20.5. The van der Waals surface area contributed by atoms with Crippen molar-refractivity contribution in [3.05, 3.63) is 22.8 Å². The molecule has 5 rings (SSSR count). The molecule has 7 nitrogen and oxygen atoms in total. The summed E-state index contributed by atoms with van der Waals surface area (Å²) in [6, 6.07) is 2.18. The minimum atomic E-state index is 0.0706. The van der Waals surface area contributed by atoms with Crippen molar-refractivity contribution in [3.63, 3.8) is 0 Å². The number of hydrogen-bond acceptors (Lipinski definition) is 6. The van der Waals surface area contributed by atoms with Gasteiger partial charge in [0.15, 0.2) is 23.0 Å². The first-order valence-corrected chi connectivity index (χ1v) is 9.75. The van der Waals surface area contributed by atoms with Crippen LogP contribution < -0.4 is 23.7 Å². The van der Waals surface area contributed by atoms with Gasteiger partial charge in [-0.2, -0.15) is 0 Å². The highest BCUT2D eigenvalue weighted by Crippen LogP contribution is 2.62. The van der Waals surface area contributed by atoms with Gasteiger partial charge < -0.3 is 33.3 Å². The molecule has 0 saturated carbocycles. The molecule has 3 aliphatic rings. The van der Waals surface area contributed by atoms with E-state index in [-0.39, 0.29) is 18.6 Å². The van der Waals surface area contributed by atoms with Crippen LogP contribution in [0.1, 0.15) is 22.7 Å². The Labute approximate surface area is 169 Å². The van der Waals surface area contributed by atoms with Crippen molar-refractivity contribution in [1.82, 2.24) is 0 Å². The molecule has 2 aromatic carbocycles. The Bertz CT molecular complexity index is 1030. The second-order valence-corrected chi connectivity index (χ2v) is 8.33. The minimum Gasteiger partial charge on any atom is -0.504 e. The molecule has 0 aromatic heterocycles. The Morgan fingerprint density at radius 3 is 2.41 bits per heavy atom. The highest BCUT2D eigenvalue weighted by Gasteiger charge is 2.47. The van der Waals surface area contributed by atoms with Crippen LogP contribution >= 0.6 is 0 Å². The Morgan fingerprint density at radius 1 is 1.00 bits per heavy atom. The molecular formula is C22H26NO6+. The number of phenols is 1. The molecule has 0 saturated heterocycles. The molecule has 0 spiro atoms. The topological polar surface area (TPSA) is 66.4 Å². The average Bonchev–Trinajstić information content (AvgIpc) is 3.19. The number of methoxy groups -OCH3 is 3. The maximum Gasteiger partial charge on any atom is 0.231 e. The molecule has 29 heavy (non-hydrogen) atoms. The maximum absolute atomic E-state index is 11.2. The monoisotopic (exact) mass is 400 g/mol. The van der Waals surface area contributed by atoms with Gasteiger partial charge in [-0.05, 0) is 11.6 Å². The highest BCUT2D eigenvalue weighted by atomic mass is 16.7. The third-order valence-electron chi connectivity index (χ3n) is 6.62. The Balaban J connectivity index is 1.92. The third kappa shape index (κ3) is 2.28. The van der Waals surface area contributed by atoms with Crippen LogP contribution in [0.3, 0.4) is 0 Å². The van der Waals surface area contributed by atoms with Crippen molar-refractivity contribution in [3.8, 4) is 45.6 Å². The highest BCUT2D eigenvalue weighted by molar-refractivity contribution is 5.91. The van der Waals surface area contributed by atoms with E-state index in [0.29, 0.717) is 23.0 Å². The van der Waals surface area contributed by atoms with Crippen LogP contribution in [-0.4, -0.2) is 58.4 Å². The molecule has 2 aromatic rings. The van der Waals surface area contributed by atoms with E-state index in [1.54, 1.807) is 14.2 Å². The van der Waals surface area contributed by atoms with Gasteiger partial charge >= 0.3 is 0 Å². The number of benzene rings is 2. The largest absolute Gasteiger partial charge is 0.504 e. The SMILES string of the molecule is COc1cc2c(c(O)c1OC)-c1c3c(c(OC)c4c1C(C2)[N+](C)(C)CC4)OCO3. The lowest BCUT2D eigenvalue weighted by Gasteiger charge is -2.46.